The van der Waals surface area contributed by atoms with Gasteiger partial charge in [0.2, 0.25) is 17.7 Å². The number of benzene rings is 1. The Labute approximate surface area is 189 Å². The summed E-state index contributed by atoms with van der Waals surface area (Å²) in [4.78, 5) is 44.8. The number of rotatable bonds is 4. The lowest BCUT2D eigenvalue weighted by atomic mass is 9.72. The number of hydrogen-bond acceptors (Lipinski definition) is 5. The van der Waals surface area contributed by atoms with Crippen molar-refractivity contribution < 1.29 is 19.6 Å². The van der Waals surface area contributed by atoms with Gasteiger partial charge in [-0.15, -0.1) is 0 Å². The van der Waals surface area contributed by atoms with Crippen LogP contribution >= 0.6 is 0 Å². The monoisotopic (exact) mass is 442 g/mol. The molecule has 3 aliphatic rings. The van der Waals surface area contributed by atoms with Crippen LogP contribution in [0.1, 0.15) is 38.5 Å². The number of carbonyl (C=O) groups excluding carboxylic acids is 3. The highest BCUT2D eigenvalue weighted by molar-refractivity contribution is 5.89. The number of anilines is 1. The van der Waals surface area contributed by atoms with E-state index in [1.54, 1.807) is 5.48 Å². The summed E-state index contributed by atoms with van der Waals surface area (Å²) in [6.45, 7) is 4.26. The molecule has 8 nitrogen and oxygen atoms in total. The van der Waals surface area contributed by atoms with E-state index in [2.05, 4.69) is 17.0 Å². The first-order chi connectivity index (χ1) is 15.6. The van der Waals surface area contributed by atoms with E-state index in [0.29, 0.717) is 32.4 Å². The van der Waals surface area contributed by atoms with E-state index in [1.165, 1.54) is 0 Å². The zero-order valence-electron chi connectivity index (χ0n) is 18.6. The van der Waals surface area contributed by atoms with Crippen LogP contribution in [0, 0.1) is 17.8 Å². The van der Waals surface area contributed by atoms with Crippen molar-refractivity contribution in [2.45, 2.75) is 38.5 Å². The third-order valence-electron chi connectivity index (χ3n) is 7.34. The number of nitrogens with zero attached hydrogens (tertiary/aromatic N) is 3. The van der Waals surface area contributed by atoms with Gasteiger partial charge in [0.1, 0.15) is 0 Å². The Kier molecular flexibility index (Phi) is 7.29. The van der Waals surface area contributed by atoms with Crippen molar-refractivity contribution in [2.75, 3.05) is 44.2 Å². The van der Waals surface area contributed by atoms with Crippen LogP contribution in [0.25, 0.3) is 0 Å². The molecule has 8 heteroatoms. The highest BCUT2D eigenvalue weighted by Crippen LogP contribution is 2.37. The van der Waals surface area contributed by atoms with Gasteiger partial charge in [-0.1, -0.05) is 18.2 Å². The van der Waals surface area contributed by atoms with Gasteiger partial charge in [-0.3, -0.25) is 19.6 Å². The quantitative estimate of drug-likeness (QED) is 0.549. The van der Waals surface area contributed by atoms with Crippen LogP contribution in [0.15, 0.2) is 30.3 Å². The third kappa shape index (κ3) is 4.90. The molecule has 0 spiro atoms. The predicted octanol–water partition coefficient (Wildman–Crippen LogP) is 1.89. The standard InChI is InChI=1S/C24H34N4O4/c29-22(25-32)21-17-18(23(30)27-11-5-2-6-12-27)9-10-20(21)24(31)28-15-13-26(14-16-28)19-7-3-1-4-8-19/h1,3-4,7-8,18,20-21,32H,2,5-6,9-17H2,(H,25,29)/t18-,20-,21-/m0/s1. The summed E-state index contributed by atoms with van der Waals surface area (Å²) in [7, 11) is 0. The van der Waals surface area contributed by atoms with E-state index in [0.717, 1.165) is 51.1 Å². The van der Waals surface area contributed by atoms with Crippen molar-refractivity contribution in [3.8, 4) is 0 Å². The molecule has 3 amide bonds. The van der Waals surface area contributed by atoms with Crippen LogP contribution in [0.4, 0.5) is 5.69 Å². The highest BCUT2D eigenvalue weighted by atomic mass is 16.5. The van der Waals surface area contributed by atoms with E-state index in [4.69, 9.17) is 0 Å². The first-order valence-electron chi connectivity index (χ1n) is 11.9. The molecule has 4 rings (SSSR count). The average molecular weight is 443 g/mol. The third-order valence-corrected chi connectivity index (χ3v) is 7.34. The number of amides is 3. The highest BCUT2D eigenvalue weighted by Gasteiger charge is 2.44. The fourth-order valence-electron chi connectivity index (χ4n) is 5.49. The summed E-state index contributed by atoms with van der Waals surface area (Å²) < 4.78 is 0. The molecule has 3 fully saturated rings. The second kappa shape index (κ2) is 10.3. The largest absolute Gasteiger partial charge is 0.368 e. The molecule has 0 bridgehead atoms. The maximum atomic E-state index is 13.4. The summed E-state index contributed by atoms with van der Waals surface area (Å²) in [6, 6.07) is 10.1. The summed E-state index contributed by atoms with van der Waals surface area (Å²) in [5.74, 6) is -1.90. The van der Waals surface area contributed by atoms with E-state index < -0.39 is 17.7 Å². The molecule has 3 atom stereocenters. The zero-order valence-corrected chi connectivity index (χ0v) is 18.6. The van der Waals surface area contributed by atoms with Crippen molar-refractivity contribution >= 4 is 23.4 Å². The molecular formula is C24H34N4O4. The topological polar surface area (TPSA) is 93.2 Å². The number of piperazine rings is 1. The van der Waals surface area contributed by atoms with Crippen LogP contribution in [-0.4, -0.2) is 72.0 Å². The number of hydrogen-bond donors (Lipinski definition) is 2. The van der Waals surface area contributed by atoms with Gasteiger partial charge in [-0.2, -0.15) is 0 Å². The summed E-state index contributed by atoms with van der Waals surface area (Å²) in [6.07, 6.45) is 4.63. The van der Waals surface area contributed by atoms with Gasteiger partial charge in [0.15, 0.2) is 0 Å². The van der Waals surface area contributed by atoms with Crippen LogP contribution in [-0.2, 0) is 14.4 Å². The van der Waals surface area contributed by atoms with Gasteiger partial charge < -0.3 is 14.7 Å². The molecule has 1 aliphatic carbocycles. The fraction of sp³-hybridized carbons (Fsp3) is 0.625. The molecule has 2 heterocycles. The molecule has 1 aromatic rings. The van der Waals surface area contributed by atoms with E-state index in [-0.39, 0.29) is 17.7 Å². The first-order valence-corrected chi connectivity index (χ1v) is 11.9. The molecule has 174 valence electrons. The second-order valence-electron chi connectivity index (χ2n) is 9.23. The lowest BCUT2D eigenvalue weighted by molar-refractivity contribution is -0.151. The Morgan fingerprint density at radius 2 is 1.44 bits per heavy atom. The van der Waals surface area contributed by atoms with Crippen molar-refractivity contribution in [1.82, 2.24) is 15.3 Å². The minimum atomic E-state index is -0.674. The molecule has 2 aliphatic heterocycles. The number of likely N-dealkylation sites (tertiary alicyclic amines) is 1. The van der Waals surface area contributed by atoms with Gasteiger partial charge in [0.25, 0.3) is 0 Å². The SMILES string of the molecule is O=C(NO)[C@H]1C[C@@H](C(=O)N2CCCCC2)CC[C@@H]1C(=O)N1CCN(c2ccccc2)CC1. The molecule has 2 N–H and O–H groups in total. The maximum Gasteiger partial charge on any atom is 0.247 e. The number of hydroxylamine groups is 1. The van der Waals surface area contributed by atoms with Gasteiger partial charge in [-0.25, -0.2) is 5.48 Å². The molecule has 0 aromatic heterocycles. The Balaban J connectivity index is 1.38. The number of piperidine rings is 1. The molecule has 0 radical (unpaired) electrons. The van der Waals surface area contributed by atoms with Crippen molar-refractivity contribution in [2.24, 2.45) is 17.8 Å². The lowest BCUT2D eigenvalue weighted by Gasteiger charge is -2.41. The minimum absolute atomic E-state index is 0.0322. The summed E-state index contributed by atoms with van der Waals surface area (Å²) in [5, 5.41) is 9.30. The molecule has 1 aromatic carbocycles. The zero-order chi connectivity index (χ0) is 22.5. The van der Waals surface area contributed by atoms with Gasteiger partial charge >= 0.3 is 0 Å². The molecule has 2 saturated heterocycles. The van der Waals surface area contributed by atoms with Crippen molar-refractivity contribution in [1.29, 1.82) is 0 Å². The van der Waals surface area contributed by atoms with E-state index in [1.807, 2.05) is 28.0 Å². The Bertz CT molecular complexity index is 803. The van der Waals surface area contributed by atoms with E-state index >= 15 is 0 Å². The Morgan fingerprint density at radius 1 is 0.781 bits per heavy atom. The van der Waals surface area contributed by atoms with Gasteiger partial charge in [0, 0.05) is 56.8 Å². The minimum Gasteiger partial charge on any atom is -0.368 e. The summed E-state index contributed by atoms with van der Waals surface area (Å²) >= 11 is 0. The number of nitrogens with one attached hydrogen (secondary N) is 1. The molecular weight excluding hydrogens is 408 g/mol. The smallest absolute Gasteiger partial charge is 0.247 e. The summed E-state index contributed by atoms with van der Waals surface area (Å²) in [5.41, 5.74) is 2.89. The lowest BCUT2D eigenvalue weighted by Crippen LogP contribution is -2.53. The average Bonchev–Trinajstić information content (AvgIpc) is 2.88. The maximum absolute atomic E-state index is 13.4. The van der Waals surface area contributed by atoms with E-state index in [9.17, 15) is 19.6 Å². The number of carbonyl (C=O) groups is 3. The normalized spacial score (nSPS) is 26.5. The van der Waals surface area contributed by atoms with Gasteiger partial charge in [0.05, 0.1) is 5.92 Å². The van der Waals surface area contributed by atoms with Crippen molar-refractivity contribution in [3.05, 3.63) is 30.3 Å². The number of para-hydroxylation sites is 1. The fourth-order valence-corrected chi connectivity index (χ4v) is 5.49. The Morgan fingerprint density at radius 3 is 2.09 bits per heavy atom. The Hall–Kier alpha value is -2.61. The molecule has 0 unspecified atom stereocenters. The first kappa shape index (κ1) is 22.6. The van der Waals surface area contributed by atoms with Crippen LogP contribution in [0.5, 0.6) is 0 Å². The molecule has 32 heavy (non-hydrogen) atoms. The van der Waals surface area contributed by atoms with Crippen LogP contribution < -0.4 is 10.4 Å². The second-order valence-corrected chi connectivity index (χ2v) is 9.23. The molecule has 1 saturated carbocycles. The van der Waals surface area contributed by atoms with Crippen molar-refractivity contribution in [3.63, 3.8) is 0 Å². The van der Waals surface area contributed by atoms with Gasteiger partial charge in [-0.05, 0) is 50.7 Å². The van der Waals surface area contributed by atoms with Crippen LogP contribution in [0.2, 0.25) is 0 Å². The van der Waals surface area contributed by atoms with Crippen LogP contribution in [0.3, 0.4) is 0 Å². The predicted molar refractivity (Wildman–Crippen MR) is 120 cm³/mol.